The van der Waals surface area contributed by atoms with E-state index >= 15 is 0 Å². The molecule has 2 aromatic carbocycles. The summed E-state index contributed by atoms with van der Waals surface area (Å²) in [5.41, 5.74) is 3.50. The molecule has 1 unspecified atom stereocenters. The van der Waals surface area contributed by atoms with Crippen LogP contribution in [0.2, 0.25) is 0 Å². The number of sulfonamides is 1. The Morgan fingerprint density at radius 2 is 1.74 bits per heavy atom. The molecule has 2 heterocycles. The lowest BCUT2D eigenvalue weighted by molar-refractivity contribution is 0.113. The molecule has 0 aromatic heterocycles. The molecule has 0 spiro atoms. The van der Waals surface area contributed by atoms with Gasteiger partial charge in [0.2, 0.25) is 10.0 Å². The molecule has 0 aliphatic carbocycles. The third-order valence-electron chi connectivity index (χ3n) is 6.24. The van der Waals surface area contributed by atoms with Crippen LogP contribution in [0.15, 0.2) is 41.3 Å². The smallest absolute Gasteiger partial charge is 0.243 e. The number of hydrogen-bond donors (Lipinski definition) is 1. The van der Waals surface area contributed by atoms with E-state index in [-0.39, 0.29) is 12.6 Å². The highest BCUT2D eigenvalue weighted by Crippen LogP contribution is 2.31. The van der Waals surface area contributed by atoms with Crippen molar-refractivity contribution in [1.82, 2.24) is 14.5 Å². The molecule has 1 saturated heterocycles. The maximum Gasteiger partial charge on any atom is 0.243 e. The number of halogens is 2. The summed E-state index contributed by atoms with van der Waals surface area (Å²) in [7, 11) is 0.0139. The van der Waals surface area contributed by atoms with Crippen molar-refractivity contribution in [1.29, 1.82) is 0 Å². The van der Waals surface area contributed by atoms with E-state index < -0.39 is 26.6 Å². The molecule has 31 heavy (non-hydrogen) atoms. The van der Waals surface area contributed by atoms with Gasteiger partial charge < -0.3 is 9.80 Å². The second kappa shape index (κ2) is 8.82. The molecule has 1 atom stereocenters. The van der Waals surface area contributed by atoms with E-state index in [1.54, 1.807) is 0 Å². The molecule has 0 amide bonds. The Kier molecular flexibility index (Phi) is 6.30. The van der Waals surface area contributed by atoms with Gasteiger partial charge in [-0.15, -0.1) is 0 Å². The maximum absolute atomic E-state index is 14.1. The van der Waals surface area contributed by atoms with Gasteiger partial charge in [-0.25, -0.2) is 21.9 Å². The Hall–Kier alpha value is -2.07. The summed E-state index contributed by atoms with van der Waals surface area (Å²) in [5.74, 6) is -1.90. The lowest BCUT2D eigenvalue weighted by Crippen LogP contribution is -2.48. The first kappa shape index (κ1) is 22.1. The molecule has 0 radical (unpaired) electrons. The standard InChI is InChI=1S/C22H28F2N4O2S/c1-26-9-11-28(12-10-26)21(16-3-5-20-17(13-16)7-8-27(20)2)15-25-31(29,30)22-6-4-18(23)14-19(22)24/h3-6,13-14,21,25H,7-12,15H2,1-2H3. The van der Waals surface area contributed by atoms with Crippen LogP contribution in [0.1, 0.15) is 17.2 Å². The highest BCUT2D eigenvalue weighted by atomic mass is 32.2. The van der Waals surface area contributed by atoms with Crippen molar-refractivity contribution in [3.63, 3.8) is 0 Å². The van der Waals surface area contributed by atoms with Gasteiger partial charge in [0.05, 0.1) is 0 Å². The van der Waals surface area contributed by atoms with Crippen molar-refractivity contribution < 1.29 is 17.2 Å². The summed E-state index contributed by atoms with van der Waals surface area (Å²) >= 11 is 0. The van der Waals surface area contributed by atoms with Crippen LogP contribution in [0.5, 0.6) is 0 Å². The van der Waals surface area contributed by atoms with Gasteiger partial charge in [0.15, 0.2) is 0 Å². The molecular weight excluding hydrogens is 422 g/mol. The van der Waals surface area contributed by atoms with Gasteiger partial charge in [-0.2, -0.15) is 0 Å². The molecule has 0 bridgehead atoms. The topological polar surface area (TPSA) is 55.9 Å². The van der Waals surface area contributed by atoms with Crippen LogP contribution in [0.4, 0.5) is 14.5 Å². The fourth-order valence-corrected chi connectivity index (χ4v) is 5.44. The second-order valence-corrected chi connectivity index (χ2v) is 10.1. The predicted molar refractivity (Wildman–Crippen MR) is 117 cm³/mol. The van der Waals surface area contributed by atoms with Crippen molar-refractivity contribution in [2.24, 2.45) is 0 Å². The van der Waals surface area contributed by atoms with Crippen LogP contribution >= 0.6 is 0 Å². The number of rotatable bonds is 6. The molecule has 4 rings (SSSR count). The van der Waals surface area contributed by atoms with Crippen molar-refractivity contribution in [2.45, 2.75) is 17.4 Å². The molecule has 2 aromatic rings. The SMILES string of the molecule is CN1CCN(C(CNS(=O)(=O)c2ccc(F)cc2F)c2ccc3c(c2)CCN3C)CC1. The first-order valence-electron chi connectivity index (χ1n) is 10.5. The number of likely N-dealkylation sites (N-methyl/N-ethyl adjacent to an activating group) is 2. The monoisotopic (exact) mass is 450 g/mol. The number of nitrogens with one attached hydrogen (secondary N) is 1. The zero-order valence-corrected chi connectivity index (χ0v) is 18.6. The van der Waals surface area contributed by atoms with Crippen LogP contribution in [-0.4, -0.2) is 71.6 Å². The van der Waals surface area contributed by atoms with E-state index in [1.807, 2.05) is 0 Å². The van der Waals surface area contributed by atoms with E-state index in [4.69, 9.17) is 0 Å². The highest BCUT2D eigenvalue weighted by molar-refractivity contribution is 7.89. The van der Waals surface area contributed by atoms with Crippen molar-refractivity contribution >= 4 is 15.7 Å². The number of nitrogens with zero attached hydrogens (tertiary/aromatic N) is 3. The molecule has 0 saturated carbocycles. The minimum atomic E-state index is -4.12. The van der Waals surface area contributed by atoms with Gasteiger partial charge in [-0.05, 0) is 42.8 Å². The van der Waals surface area contributed by atoms with E-state index in [1.165, 1.54) is 11.3 Å². The van der Waals surface area contributed by atoms with Gasteiger partial charge in [-0.1, -0.05) is 12.1 Å². The average molecular weight is 451 g/mol. The summed E-state index contributed by atoms with van der Waals surface area (Å²) < 4.78 is 55.4. The Morgan fingerprint density at radius 3 is 2.45 bits per heavy atom. The molecule has 9 heteroatoms. The summed E-state index contributed by atoms with van der Waals surface area (Å²) in [6.07, 6.45) is 0.960. The minimum Gasteiger partial charge on any atom is -0.374 e. The minimum absolute atomic E-state index is 0.109. The zero-order chi connectivity index (χ0) is 22.2. The molecule has 6 nitrogen and oxygen atoms in total. The van der Waals surface area contributed by atoms with Crippen molar-refractivity contribution in [2.75, 3.05) is 58.3 Å². The fourth-order valence-electron chi connectivity index (χ4n) is 4.34. The number of fused-ring (bicyclic) bond motifs is 1. The largest absolute Gasteiger partial charge is 0.374 e. The third kappa shape index (κ3) is 4.74. The molecule has 2 aliphatic rings. The number of anilines is 1. The van der Waals surface area contributed by atoms with Gasteiger partial charge in [0, 0.05) is 64.1 Å². The van der Waals surface area contributed by atoms with Crippen LogP contribution in [0.25, 0.3) is 0 Å². The summed E-state index contributed by atoms with van der Waals surface area (Å²) in [6, 6.07) is 8.63. The van der Waals surface area contributed by atoms with E-state index in [0.717, 1.165) is 56.8 Å². The molecule has 2 aliphatic heterocycles. The fraction of sp³-hybridized carbons (Fsp3) is 0.455. The van der Waals surface area contributed by atoms with Crippen molar-refractivity contribution in [3.05, 3.63) is 59.2 Å². The first-order valence-corrected chi connectivity index (χ1v) is 11.9. The maximum atomic E-state index is 14.1. The van der Waals surface area contributed by atoms with Gasteiger partial charge in [-0.3, -0.25) is 4.90 Å². The quantitative estimate of drug-likeness (QED) is 0.732. The molecule has 1 N–H and O–H groups in total. The lowest BCUT2D eigenvalue weighted by atomic mass is 10.0. The van der Waals surface area contributed by atoms with Gasteiger partial charge >= 0.3 is 0 Å². The van der Waals surface area contributed by atoms with Gasteiger partial charge in [0.1, 0.15) is 16.5 Å². The summed E-state index contributed by atoms with van der Waals surface area (Å²) in [6.45, 7) is 4.48. The van der Waals surface area contributed by atoms with Crippen molar-refractivity contribution in [3.8, 4) is 0 Å². The van der Waals surface area contributed by atoms with Crippen LogP contribution in [0.3, 0.4) is 0 Å². The van der Waals surface area contributed by atoms with Crippen LogP contribution in [0, 0.1) is 11.6 Å². The zero-order valence-electron chi connectivity index (χ0n) is 17.8. The van der Waals surface area contributed by atoms with E-state index in [2.05, 4.69) is 51.7 Å². The number of benzene rings is 2. The molecular formula is C22H28F2N4O2S. The highest BCUT2D eigenvalue weighted by Gasteiger charge is 2.28. The number of hydrogen-bond acceptors (Lipinski definition) is 5. The van der Waals surface area contributed by atoms with Gasteiger partial charge in [0.25, 0.3) is 0 Å². The summed E-state index contributed by atoms with van der Waals surface area (Å²) in [5, 5.41) is 0. The Morgan fingerprint density at radius 1 is 1.00 bits per heavy atom. The molecule has 168 valence electrons. The third-order valence-corrected chi connectivity index (χ3v) is 7.70. The van der Waals surface area contributed by atoms with E-state index in [9.17, 15) is 17.2 Å². The Balaban J connectivity index is 1.59. The van der Waals surface area contributed by atoms with Crippen LogP contribution in [-0.2, 0) is 16.4 Å². The summed E-state index contributed by atoms with van der Waals surface area (Å²) in [4.78, 5) is 6.18. The Bertz CT molecular complexity index is 1060. The first-order chi connectivity index (χ1) is 14.7. The van der Waals surface area contributed by atoms with E-state index in [0.29, 0.717) is 6.07 Å². The average Bonchev–Trinajstić information content (AvgIpc) is 3.09. The predicted octanol–water partition coefficient (Wildman–Crippen LogP) is 2.22. The number of piperazine rings is 1. The lowest BCUT2D eigenvalue weighted by Gasteiger charge is -2.38. The Labute approximate surface area is 182 Å². The molecule has 1 fully saturated rings. The van der Waals surface area contributed by atoms with Crippen LogP contribution < -0.4 is 9.62 Å². The normalized spacial score (nSPS) is 18.9. The second-order valence-electron chi connectivity index (χ2n) is 8.34.